The molecule has 26 heavy (non-hydrogen) atoms. The van der Waals surface area contributed by atoms with Gasteiger partial charge in [-0.3, -0.25) is 9.48 Å². The first-order valence-corrected chi connectivity index (χ1v) is 8.08. The Labute approximate surface area is 149 Å². The van der Waals surface area contributed by atoms with E-state index in [0.717, 1.165) is 11.1 Å². The molecule has 0 fully saturated rings. The number of nitrogens with one attached hydrogen (secondary N) is 1. The lowest BCUT2D eigenvalue weighted by atomic mass is 10.1. The van der Waals surface area contributed by atoms with Crippen LogP contribution in [0.15, 0.2) is 60.9 Å². The Bertz CT molecular complexity index is 1100. The van der Waals surface area contributed by atoms with E-state index < -0.39 is 0 Å². The van der Waals surface area contributed by atoms with Gasteiger partial charge in [0.15, 0.2) is 0 Å². The largest absolute Gasteiger partial charge is 0.496 e. The minimum absolute atomic E-state index is 0.231. The van der Waals surface area contributed by atoms with Gasteiger partial charge in [0, 0.05) is 30.7 Å². The van der Waals surface area contributed by atoms with Gasteiger partial charge in [0.1, 0.15) is 11.4 Å². The van der Waals surface area contributed by atoms with Crippen molar-refractivity contribution in [2.24, 2.45) is 7.05 Å². The molecule has 3 heterocycles. The number of nitrogens with zero attached hydrogens (tertiary/aromatic N) is 4. The fourth-order valence-electron chi connectivity index (χ4n) is 2.86. The number of hydrogen-bond donors (Lipinski definition) is 1. The minimum Gasteiger partial charge on any atom is -0.496 e. The lowest BCUT2D eigenvalue weighted by Crippen LogP contribution is -2.16. The molecule has 0 aliphatic carbocycles. The number of carbonyl (C=O) groups excluding carboxylic acids is 1. The molecule has 130 valence electrons. The number of hydrogen-bond acceptors (Lipinski definition) is 4. The molecule has 0 unspecified atom stereocenters. The molecule has 7 heteroatoms. The van der Waals surface area contributed by atoms with E-state index in [1.165, 1.54) is 0 Å². The smallest absolute Gasteiger partial charge is 0.273 e. The molecular weight excluding hydrogens is 330 g/mol. The molecular formula is C19H17N5O2. The molecule has 7 nitrogen and oxygen atoms in total. The van der Waals surface area contributed by atoms with Crippen molar-refractivity contribution in [2.75, 3.05) is 12.4 Å². The summed E-state index contributed by atoms with van der Waals surface area (Å²) in [5.74, 6) is 0.480. The number of amides is 1. The van der Waals surface area contributed by atoms with Crippen LogP contribution in [0, 0.1) is 0 Å². The lowest BCUT2D eigenvalue weighted by Gasteiger charge is -2.05. The van der Waals surface area contributed by atoms with Crippen LogP contribution >= 0.6 is 0 Å². The van der Waals surface area contributed by atoms with E-state index in [0.29, 0.717) is 22.8 Å². The molecule has 1 amide bonds. The topological polar surface area (TPSA) is 73.4 Å². The maximum Gasteiger partial charge on any atom is 0.273 e. The number of rotatable bonds is 4. The number of aromatic nitrogens is 4. The number of methoxy groups -OCH3 is 1. The monoisotopic (exact) mass is 347 g/mol. The number of pyridine rings is 1. The number of para-hydroxylation sites is 1. The molecule has 1 N–H and O–H groups in total. The van der Waals surface area contributed by atoms with Gasteiger partial charge < -0.3 is 10.1 Å². The van der Waals surface area contributed by atoms with E-state index >= 15 is 0 Å². The molecule has 0 aliphatic rings. The molecule has 0 spiro atoms. The standard InChI is InChI=1S/C19H17N5O2/c1-23-17(12-16(22-23)15-5-3-4-6-18(15)26-2)19(25)21-13-8-10-24-14(11-13)7-9-20-24/h3-12H,1-2H3,(H,21,25). The van der Waals surface area contributed by atoms with Gasteiger partial charge in [-0.1, -0.05) is 12.1 Å². The average Bonchev–Trinajstić information content (AvgIpc) is 3.27. The molecule has 0 aliphatic heterocycles. The van der Waals surface area contributed by atoms with Crippen LogP contribution in [0.1, 0.15) is 10.5 Å². The summed E-state index contributed by atoms with van der Waals surface area (Å²) in [6, 6.07) is 14.9. The van der Waals surface area contributed by atoms with Crippen LogP contribution in [0.5, 0.6) is 5.75 Å². The van der Waals surface area contributed by atoms with Crippen LogP contribution in [-0.2, 0) is 7.05 Å². The highest BCUT2D eigenvalue weighted by atomic mass is 16.5. The van der Waals surface area contributed by atoms with E-state index in [-0.39, 0.29) is 5.91 Å². The first-order chi connectivity index (χ1) is 12.7. The van der Waals surface area contributed by atoms with Crippen molar-refractivity contribution in [3.05, 3.63) is 66.6 Å². The second-order valence-corrected chi connectivity index (χ2v) is 5.81. The summed E-state index contributed by atoms with van der Waals surface area (Å²) in [4.78, 5) is 12.7. The quantitative estimate of drug-likeness (QED) is 0.616. The Morgan fingerprint density at radius 2 is 2.00 bits per heavy atom. The lowest BCUT2D eigenvalue weighted by molar-refractivity contribution is 0.101. The molecule has 3 aromatic heterocycles. The van der Waals surface area contributed by atoms with Gasteiger partial charge in [0.2, 0.25) is 0 Å². The summed E-state index contributed by atoms with van der Waals surface area (Å²) >= 11 is 0. The van der Waals surface area contributed by atoms with Crippen LogP contribution in [0.2, 0.25) is 0 Å². The maximum absolute atomic E-state index is 12.7. The predicted octanol–water partition coefficient (Wildman–Crippen LogP) is 3.00. The van der Waals surface area contributed by atoms with Crippen molar-refractivity contribution in [1.29, 1.82) is 0 Å². The van der Waals surface area contributed by atoms with E-state index in [1.54, 1.807) is 47.9 Å². The summed E-state index contributed by atoms with van der Waals surface area (Å²) in [5, 5.41) is 11.5. The van der Waals surface area contributed by atoms with Gasteiger partial charge >= 0.3 is 0 Å². The first-order valence-electron chi connectivity index (χ1n) is 8.08. The molecule has 0 saturated carbocycles. The van der Waals surface area contributed by atoms with Crippen LogP contribution in [0.4, 0.5) is 5.69 Å². The second kappa shape index (κ2) is 6.36. The second-order valence-electron chi connectivity index (χ2n) is 5.81. The maximum atomic E-state index is 12.7. The molecule has 4 rings (SSSR count). The number of anilines is 1. The van der Waals surface area contributed by atoms with Crippen molar-refractivity contribution in [2.45, 2.75) is 0 Å². The van der Waals surface area contributed by atoms with Gasteiger partial charge in [-0.25, -0.2) is 4.52 Å². The Hall–Kier alpha value is -3.61. The predicted molar refractivity (Wildman–Crippen MR) is 98.3 cm³/mol. The normalized spacial score (nSPS) is 10.8. The fraction of sp³-hybridized carbons (Fsp3) is 0.105. The summed E-state index contributed by atoms with van der Waals surface area (Å²) in [5.41, 5.74) is 3.58. The van der Waals surface area contributed by atoms with Crippen molar-refractivity contribution in [3.63, 3.8) is 0 Å². The first kappa shape index (κ1) is 15.9. The van der Waals surface area contributed by atoms with E-state index in [1.807, 2.05) is 36.4 Å². The van der Waals surface area contributed by atoms with Crippen molar-refractivity contribution in [1.82, 2.24) is 19.4 Å². The molecule has 0 radical (unpaired) electrons. The van der Waals surface area contributed by atoms with Gasteiger partial charge in [0.05, 0.1) is 18.3 Å². The highest BCUT2D eigenvalue weighted by Gasteiger charge is 2.16. The molecule has 0 bridgehead atoms. The molecule has 0 atom stereocenters. The number of carbonyl (C=O) groups is 1. The Morgan fingerprint density at radius 1 is 1.15 bits per heavy atom. The highest BCUT2D eigenvalue weighted by Crippen LogP contribution is 2.29. The van der Waals surface area contributed by atoms with Crippen LogP contribution < -0.4 is 10.1 Å². The molecule has 4 aromatic rings. The van der Waals surface area contributed by atoms with Crippen molar-refractivity contribution >= 4 is 17.1 Å². The van der Waals surface area contributed by atoms with E-state index in [4.69, 9.17) is 4.74 Å². The third-order valence-electron chi connectivity index (χ3n) is 4.15. The van der Waals surface area contributed by atoms with Crippen LogP contribution in [0.25, 0.3) is 16.8 Å². The third-order valence-corrected chi connectivity index (χ3v) is 4.15. The van der Waals surface area contributed by atoms with Crippen molar-refractivity contribution in [3.8, 4) is 17.0 Å². The summed E-state index contributed by atoms with van der Waals surface area (Å²) in [7, 11) is 3.36. The molecule has 0 saturated heterocycles. The summed E-state index contributed by atoms with van der Waals surface area (Å²) in [6.07, 6.45) is 3.51. The van der Waals surface area contributed by atoms with Gasteiger partial charge in [-0.05, 0) is 36.4 Å². The summed E-state index contributed by atoms with van der Waals surface area (Å²) in [6.45, 7) is 0. The number of fused-ring (bicyclic) bond motifs is 1. The third kappa shape index (κ3) is 2.79. The van der Waals surface area contributed by atoms with Gasteiger partial charge in [-0.2, -0.15) is 10.2 Å². The van der Waals surface area contributed by atoms with Crippen LogP contribution in [-0.4, -0.2) is 32.4 Å². The average molecular weight is 347 g/mol. The molecule has 1 aromatic carbocycles. The number of aryl methyl sites for hydroxylation is 1. The minimum atomic E-state index is -0.231. The Kier molecular flexibility index (Phi) is 3.89. The van der Waals surface area contributed by atoms with E-state index in [2.05, 4.69) is 15.5 Å². The number of benzene rings is 1. The SMILES string of the molecule is COc1ccccc1-c1cc(C(=O)Nc2ccn3nccc3c2)n(C)n1. The van der Waals surface area contributed by atoms with E-state index in [9.17, 15) is 4.79 Å². The van der Waals surface area contributed by atoms with Gasteiger partial charge in [0.25, 0.3) is 5.91 Å². The zero-order chi connectivity index (χ0) is 18.1. The zero-order valence-corrected chi connectivity index (χ0v) is 14.4. The Morgan fingerprint density at radius 3 is 2.85 bits per heavy atom. The zero-order valence-electron chi connectivity index (χ0n) is 14.4. The van der Waals surface area contributed by atoms with Gasteiger partial charge in [-0.15, -0.1) is 0 Å². The highest BCUT2D eigenvalue weighted by molar-refractivity contribution is 6.04. The Balaban J connectivity index is 1.63. The summed E-state index contributed by atoms with van der Waals surface area (Å²) < 4.78 is 8.68. The number of ether oxygens (including phenoxy) is 1. The van der Waals surface area contributed by atoms with Crippen molar-refractivity contribution < 1.29 is 9.53 Å². The fourth-order valence-corrected chi connectivity index (χ4v) is 2.86. The van der Waals surface area contributed by atoms with Crippen LogP contribution in [0.3, 0.4) is 0 Å².